The lowest BCUT2D eigenvalue weighted by atomic mass is 10.1. The van der Waals surface area contributed by atoms with Gasteiger partial charge in [-0.3, -0.25) is 4.98 Å². The van der Waals surface area contributed by atoms with Crippen molar-refractivity contribution in [1.29, 1.82) is 0 Å². The second kappa shape index (κ2) is 6.25. The monoisotopic (exact) mass is 290 g/mol. The maximum atomic E-state index is 8.67. The largest absolute Gasteiger partial charge is 0.409 e. The van der Waals surface area contributed by atoms with Crippen LogP contribution in [0.2, 0.25) is 5.02 Å². The predicted molar refractivity (Wildman–Crippen MR) is 80.3 cm³/mol. The Hall–Kier alpha value is -2.27. The summed E-state index contributed by atoms with van der Waals surface area (Å²) in [6.07, 6.45) is 3.52. The summed E-state index contributed by atoms with van der Waals surface area (Å²) in [5, 5.41) is 12.1. The molecule has 2 rings (SSSR count). The van der Waals surface area contributed by atoms with Crippen molar-refractivity contribution in [3.8, 4) is 0 Å². The zero-order valence-corrected chi connectivity index (χ0v) is 11.7. The van der Waals surface area contributed by atoms with E-state index in [4.69, 9.17) is 22.5 Å². The van der Waals surface area contributed by atoms with E-state index in [1.807, 2.05) is 25.2 Å². The van der Waals surface area contributed by atoms with E-state index in [-0.39, 0.29) is 5.84 Å². The van der Waals surface area contributed by atoms with Crippen LogP contribution in [0.25, 0.3) is 0 Å². The van der Waals surface area contributed by atoms with Crippen molar-refractivity contribution in [3.63, 3.8) is 0 Å². The Labute approximate surface area is 122 Å². The molecule has 5 nitrogen and oxygen atoms in total. The zero-order valence-electron chi connectivity index (χ0n) is 11.0. The molecule has 0 aliphatic rings. The number of nitrogens with two attached hydrogens (primary N) is 1. The normalized spacial score (nSPS) is 11.4. The summed E-state index contributed by atoms with van der Waals surface area (Å²) in [4.78, 5) is 6.04. The van der Waals surface area contributed by atoms with Gasteiger partial charge in [-0.25, -0.2) is 0 Å². The van der Waals surface area contributed by atoms with Gasteiger partial charge < -0.3 is 15.8 Å². The minimum Gasteiger partial charge on any atom is -0.409 e. The maximum absolute atomic E-state index is 8.67. The minimum absolute atomic E-state index is 0.00154. The number of rotatable bonds is 4. The lowest BCUT2D eigenvalue weighted by Gasteiger charge is -2.20. The van der Waals surface area contributed by atoms with E-state index in [1.54, 1.807) is 24.5 Å². The molecule has 0 radical (unpaired) electrons. The Morgan fingerprint density at radius 3 is 2.65 bits per heavy atom. The van der Waals surface area contributed by atoms with Gasteiger partial charge in [0.15, 0.2) is 5.84 Å². The van der Waals surface area contributed by atoms with Crippen LogP contribution < -0.4 is 10.6 Å². The van der Waals surface area contributed by atoms with Gasteiger partial charge in [0.25, 0.3) is 0 Å². The van der Waals surface area contributed by atoms with Crippen LogP contribution in [0, 0.1) is 0 Å². The summed E-state index contributed by atoms with van der Waals surface area (Å²) in [6.45, 7) is 0.738. The molecule has 2 aromatic rings. The van der Waals surface area contributed by atoms with Gasteiger partial charge >= 0.3 is 0 Å². The fraction of sp³-hybridized carbons (Fsp3) is 0.143. The van der Waals surface area contributed by atoms with Gasteiger partial charge in [0.1, 0.15) is 0 Å². The highest BCUT2D eigenvalue weighted by molar-refractivity contribution is 6.34. The van der Waals surface area contributed by atoms with Crippen LogP contribution >= 0.6 is 11.6 Å². The summed E-state index contributed by atoms with van der Waals surface area (Å²) in [5.41, 5.74) is 8.15. The Bertz CT molecular complexity index is 616. The summed E-state index contributed by atoms with van der Waals surface area (Å²) < 4.78 is 0. The molecule has 0 bridgehead atoms. The Morgan fingerprint density at radius 2 is 2.05 bits per heavy atom. The molecule has 0 unspecified atom stereocenters. The molecule has 0 aliphatic carbocycles. The first kappa shape index (κ1) is 14.1. The first-order valence-corrected chi connectivity index (χ1v) is 6.37. The van der Waals surface area contributed by atoms with Crippen LogP contribution in [0.15, 0.2) is 47.9 Å². The molecule has 20 heavy (non-hydrogen) atoms. The van der Waals surface area contributed by atoms with Crippen LogP contribution in [0.3, 0.4) is 0 Å². The number of aromatic nitrogens is 1. The van der Waals surface area contributed by atoms with Crippen molar-refractivity contribution in [2.24, 2.45) is 10.9 Å². The van der Waals surface area contributed by atoms with E-state index in [0.717, 1.165) is 17.8 Å². The lowest BCUT2D eigenvalue weighted by Crippen LogP contribution is -2.18. The first-order chi connectivity index (χ1) is 9.61. The number of oxime groups is 1. The number of halogens is 1. The standard InChI is InChI=1S/C14H15ClN4O/c1-19(9-10-4-6-17-7-5-10)11-2-3-12(13(15)8-11)14(16)18-20/h2-8,20H,9H2,1H3,(H2,16,18). The van der Waals surface area contributed by atoms with Crippen molar-refractivity contribution in [2.45, 2.75) is 6.54 Å². The number of anilines is 1. The Morgan fingerprint density at radius 1 is 1.35 bits per heavy atom. The summed E-state index contributed by atoms with van der Waals surface area (Å²) in [6, 6.07) is 9.32. The van der Waals surface area contributed by atoms with Crippen molar-refractivity contribution in [3.05, 3.63) is 58.9 Å². The number of pyridine rings is 1. The van der Waals surface area contributed by atoms with Crippen LogP contribution in [0.4, 0.5) is 5.69 Å². The Kier molecular flexibility index (Phi) is 4.42. The average molecular weight is 291 g/mol. The average Bonchev–Trinajstić information content (AvgIpc) is 2.47. The van der Waals surface area contributed by atoms with E-state index < -0.39 is 0 Å². The zero-order chi connectivity index (χ0) is 14.5. The third-order valence-electron chi connectivity index (χ3n) is 2.95. The minimum atomic E-state index is -0.00154. The molecular weight excluding hydrogens is 276 g/mol. The highest BCUT2D eigenvalue weighted by atomic mass is 35.5. The van der Waals surface area contributed by atoms with E-state index in [2.05, 4.69) is 15.0 Å². The highest BCUT2D eigenvalue weighted by Crippen LogP contribution is 2.24. The molecule has 0 amide bonds. The second-order valence-corrected chi connectivity index (χ2v) is 4.77. The van der Waals surface area contributed by atoms with Gasteiger partial charge in [-0.1, -0.05) is 16.8 Å². The maximum Gasteiger partial charge on any atom is 0.171 e. The number of hydrogen-bond acceptors (Lipinski definition) is 4. The molecule has 1 aromatic heterocycles. The number of nitrogens with zero attached hydrogens (tertiary/aromatic N) is 3. The lowest BCUT2D eigenvalue weighted by molar-refractivity contribution is 0.318. The predicted octanol–water partition coefficient (Wildman–Crippen LogP) is 2.47. The third kappa shape index (κ3) is 3.19. The first-order valence-electron chi connectivity index (χ1n) is 5.99. The van der Waals surface area contributed by atoms with E-state index in [1.165, 1.54) is 0 Å². The summed E-state index contributed by atoms with van der Waals surface area (Å²) in [5.74, 6) is -0.00154. The fourth-order valence-corrected chi connectivity index (χ4v) is 2.13. The molecule has 104 valence electrons. The quantitative estimate of drug-likeness (QED) is 0.393. The highest BCUT2D eigenvalue weighted by Gasteiger charge is 2.09. The number of amidine groups is 1. The van der Waals surface area contributed by atoms with Crippen molar-refractivity contribution in [2.75, 3.05) is 11.9 Å². The molecule has 0 spiro atoms. The van der Waals surface area contributed by atoms with Crippen LogP contribution in [0.1, 0.15) is 11.1 Å². The third-order valence-corrected chi connectivity index (χ3v) is 3.26. The molecule has 3 N–H and O–H groups in total. The molecule has 6 heteroatoms. The fourth-order valence-electron chi connectivity index (χ4n) is 1.86. The molecular formula is C14H15ClN4O. The van der Waals surface area contributed by atoms with Crippen LogP contribution in [-0.4, -0.2) is 23.1 Å². The SMILES string of the molecule is CN(Cc1ccncc1)c1ccc(C(N)=NO)c(Cl)c1. The molecule has 0 saturated heterocycles. The molecule has 0 atom stereocenters. The molecule has 0 saturated carbocycles. The van der Waals surface area contributed by atoms with Gasteiger partial charge in [-0.2, -0.15) is 0 Å². The van der Waals surface area contributed by atoms with Gasteiger partial charge in [-0.15, -0.1) is 0 Å². The van der Waals surface area contributed by atoms with E-state index in [9.17, 15) is 0 Å². The smallest absolute Gasteiger partial charge is 0.171 e. The van der Waals surface area contributed by atoms with E-state index >= 15 is 0 Å². The van der Waals surface area contributed by atoms with E-state index in [0.29, 0.717) is 10.6 Å². The van der Waals surface area contributed by atoms with Gasteiger partial charge in [0, 0.05) is 37.2 Å². The van der Waals surface area contributed by atoms with Crippen molar-refractivity contribution in [1.82, 2.24) is 4.98 Å². The van der Waals surface area contributed by atoms with Gasteiger partial charge in [0.2, 0.25) is 0 Å². The van der Waals surface area contributed by atoms with Crippen LogP contribution in [0.5, 0.6) is 0 Å². The molecule has 0 aliphatic heterocycles. The van der Waals surface area contributed by atoms with Crippen molar-refractivity contribution >= 4 is 23.1 Å². The van der Waals surface area contributed by atoms with Crippen LogP contribution in [-0.2, 0) is 6.54 Å². The number of benzene rings is 1. The Balaban J connectivity index is 2.19. The number of hydrogen-bond donors (Lipinski definition) is 2. The topological polar surface area (TPSA) is 74.7 Å². The molecule has 1 heterocycles. The summed E-state index contributed by atoms with van der Waals surface area (Å²) >= 11 is 6.14. The van der Waals surface area contributed by atoms with Gasteiger partial charge in [0.05, 0.1) is 5.02 Å². The van der Waals surface area contributed by atoms with Crippen molar-refractivity contribution < 1.29 is 5.21 Å². The second-order valence-electron chi connectivity index (χ2n) is 4.36. The molecule has 1 aromatic carbocycles. The van der Waals surface area contributed by atoms with Gasteiger partial charge in [-0.05, 0) is 35.9 Å². The summed E-state index contributed by atoms with van der Waals surface area (Å²) in [7, 11) is 1.97. The molecule has 0 fully saturated rings.